The van der Waals surface area contributed by atoms with Crippen LogP contribution in [0.1, 0.15) is 33.5 Å². The fourth-order valence-corrected chi connectivity index (χ4v) is 3.14. The van der Waals surface area contributed by atoms with Crippen LogP contribution in [0.4, 0.5) is 5.13 Å². The quantitative estimate of drug-likeness (QED) is 0.937. The van der Waals surface area contributed by atoms with E-state index < -0.39 is 0 Å². The monoisotopic (exact) mass is 319 g/mol. The fraction of sp³-hybridized carbons (Fsp3) is 0.400. The lowest BCUT2D eigenvalue weighted by atomic mass is 10.2. The number of pyridine rings is 1. The van der Waals surface area contributed by atoms with Crippen LogP contribution in [-0.4, -0.2) is 29.1 Å². The van der Waals surface area contributed by atoms with Crippen molar-refractivity contribution in [1.82, 2.24) is 9.97 Å². The number of rotatable bonds is 4. The topological polar surface area (TPSA) is 73.3 Å². The molecule has 3 heterocycles. The molecule has 1 N–H and O–H groups in total. The predicted molar refractivity (Wildman–Crippen MR) is 83.6 cm³/mol. The number of aromatic nitrogens is 2. The van der Waals surface area contributed by atoms with Crippen molar-refractivity contribution in [3.63, 3.8) is 0 Å². The summed E-state index contributed by atoms with van der Waals surface area (Å²) in [6.45, 7) is 5.43. The van der Waals surface area contributed by atoms with Crippen LogP contribution >= 0.6 is 11.3 Å². The fourth-order valence-electron chi connectivity index (χ4n) is 2.20. The third-order valence-corrected chi connectivity index (χ3v) is 4.23. The first kappa shape index (κ1) is 14.9. The highest BCUT2D eigenvalue weighted by atomic mass is 32.1. The predicted octanol–water partition coefficient (Wildman–Crippen LogP) is 2.57. The van der Waals surface area contributed by atoms with Crippen LogP contribution < -0.4 is 10.1 Å². The van der Waals surface area contributed by atoms with Gasteiger partial charge in [-0.1, -0.05) is 11.3 Å². The SMILES string of the molecule is CCOc1nc(C)ccc1C(=O)Nc1nc2c(s1)COCC2. The Bertz CT molecular complexity index is 676. The first-order chi connectivity index (χ1) is 10.7. The molecule has 22 heavy (non-hydrogen) atoms. The number of hydrogen-bond acceptors (Lipinski definition) is 6. The summed E-state index contributed by atoms with van der Waals surface area (Å²) in [5.74, 6) is 0.0904. The molecule has 1 aliphatic rings. The minimum absolute atomic E-state index is 0.261. The van der Waals surface area contributed by atoms with Crippen LogP contribution in [0.25, 0.3) is 0 Å². The second-order valence-corrected chi connectivity index (χ2v) is 5.97. The highest BCUT2D eigenvalue weighted by molar-refractivity contribution is 7.15. The summed E-state index contributed by atoms with van der Waals surface area (Å²) in [4.78, 5) is 22.2. The van der Waals surface area contributed by atoms with Gasteiger partial charge in [0.05, 0.1) is 30.4 Å². The van der Waals surface area contributed by atoms with E-state index in [9.17, 15) is 4.79 Å². The molecule has 1 amide bonds. The summed E-state index contributed by atoms with van der Waals surface area (Å²) in [7, 11) is 0. The maximum Gasteiger partial charge on any atom is 0.262 e. The van der Waals surface area contributed by atoms with E-state index in [0.717, 1.165) is 22.7 Å². The molecule has 7 heteroatoms. The van der Waals surface area contributed by atoms with Crippen molar-refractivity contribution < 1.29 is 14.3 Å². The zero-order valence-corrected chi connectivity index (χ0v) is 13.3. The Balaban J connectivity index is 1.81. The summed E-state index contributed by atoms with van der Waals surface area (Å²) >= 11 is 1.45. The molecule has 0 fully saturated rings. The van der Waals surface area contributed by atoms with E-state index in [1.807, 2.05) is 13.8 Å². The average molecular weight is 319 g/mol. The van der Waals surface area contributed by atoms with Crippen LogP contribution in [0.2, 0.25) is 0 Å². The Morgan fingerprint density at radius 1 is 1.45 bits per heavy atom. The molecule has 0 saturated carbocycles. The van der Waals surface area contributed by atoms with Crippen LogP contribution in [-0.2, 0) is 17.8 Å². The Kier molecular flexibility index (Phi) is 4.35. The number of aryl methyl sites for hydroxylation is 1. The third kappa shape index (κ3) is 3.10. The van der Waals surface area contributed by atoms with Crippen LogP contribution in [0.5, 0.6) is 5.88 Å². The molecule has 2 aromatic heterocycles. The highest BCUT2D eigenvalue weighted by Crippen LogP contribution is 2.28. The van der Waals surface area contributed by atoms with Crippen molar-refractivity contribution >= 4 is 22.4 Å². The molecule has 0 aromatic carbocycles. The van der Waals surface area contributed by atoms with E-state index in [1.54, 1.807) is 12.1 Å². The molecular weight excluding hydrogens is 302 g/mol. The van der Waals surface area contributed by atoms with Crippen molar-refractivity contribution in [1.29, 1.82) is 0 Å². The second-order valence-electron chi connectivity index (χ2n) is 4.88. The first-order valence-corrected chi connectivity index (χ1v) is 7.97. The number of ether oxygens (including phenoxy) is 2. The number of carbonyl (C=O) groups is 1. The summed E-state index contributed by atoms with van der Waals surface area (Å²) < 4.78 is 10.8. The van der Waals surface area contributed by atoms with Crippen molar-refractivity contribution in [3.05, 3.63) is 34.0 Å². The van der Waals surface area contributed by atoms with Gasteiger partial charge in [0, 0.05) is 12.1 Å². The number of fused-ring (bicyclic) bond motifs is 1. The Hall–Kier alpha value is -1.99. The van der Waals surface area contributed by atoms with E-state index >= 15 is 0 Å². The van der Waals surface area contributed by atoms with Crippen molar-refractivity contribution in [2.75, 3.05) is 18.5 Å². The molecule has 3 rings (SSSR count). The molecule has 1 aliphatic heterocycles. The molecule has 0 spiro atoms. The van der Waals surface area contributed by atoms with Gasteiger partial charge in [0.25, 0.3) is 5.91 Å². The zero-order valence-electron chi connectivity index (χ0n) is 12.5. The van der Waals surface area contributed by atoms with Crippen molar-refractivity contribution in [2.24, 2.45) is 0 Å². The lowest BCUT2D eigenvalue weighted by Crippen LogP contribution is -2.15. The van der Waals surface area contributed by atoms with E-state index in [2.05, 4.69) is 15.3 Å². The highest BCUT2D eigenvalue weighted by Gasteiger charge is 2.19. The smallest absolute Gasteiger partial charge is 0.262 e. The van der Waals surface area contributed by atoms with Gasteiger partial charge in [-0.3, -0.25) is 10.1 Å². The van der Waals surface area contributed by atoms with Gasteiger partial charge in [0.1, 0.15) is 5.56 Å². The number of amides is 1. The van der Waals surface area contributed by atoms with Gasteiger partial charge in [-0.15, -0.1) is 0 Å². The Morgan fingerprint density at radius 2 is 2.32 bits per heavy atom. The van der Waals surface area contributed by atoms with Crippen LogP contribution in [0, 0.1) is 6.92 Å². The minimum atomic E-state index is -0.261. The Labute approximate surface area is 132 Å². The van der Waals surface area contributed by atoms with Gasteiger partial charge in [-0.2, -0.15) is 0 Å². The van der Waals surface area contributed by atoms with E-state index in [1.165, 1.54) is 11.3 Å². The largest absolute Gasteiger partial charge is 0.477 e. The summed E-state index contributed by atoms with van der Waals surface area (Å²) in [6.07, 6.45) is 0.790. The number of carbonyl (C=O) groups excluding carboxylic acids is 1. The second kappa shape index (κ2) is 6.41. The van der Waals surface area contributed by atoms with Gasteiger partial charge in [0.15, 0.2) is 5.13 Å². The molecule has 0 bridgehead atoms. The molecular formula is C15H17N3O3S. The van der Waals surface area contributed by atoms with Crippen LogP contribution in [0.15, 0.2) is 12.1 Å². The summed E-state index contributed by atoms with van der Waals surface area (Å²) in [6, 6.07) is 3.51. The van der Waals surface area contributed by atoms with Gasteiger partial charge in [-0.05, 0) is 26.0 Å². The maximum absolute atomic E-state index is 12.4. The molecule has 0 unspecified atom stereocenters. The minimum Gasteiger partial charge on any atom is -0.477 e. The van der Waals surface area contributed by atoms with Gasteiger partial charge >= 0.3 is 0 Å². The lowest BCUT2D eigenvalue weighted by molar-refractivity contribution is 0.102. The molecule has 0 saturated heterocycles. The van der Waals surface area contributed by atoms with Crippen molar-refractivity contribution in [2.45, 2.75) is 26.9 Å². The zero-order chi connectivity index (χ0) is 15.5. The van der Waals surface area contributed by atoms with E-state index in [0.29, 0.717) is 36.4 Å². The maximum atomic E-state index is 12.4. The average Bonchev–Trinajstić information content (AvgIpc) is 2.89. The van der Waals surface area contributed by atoms with Crippen LogP contribution in [0.3, 0.4) is 0 Å². The molecule has 0 aliphatic carbocycles. The Morgan fingerprint density at radius 3 is 3.09 bits per heavy atom. The number of nitrogens with one attached hydrogen (secondary N) is 1. The molecule has 116 valence electrons. The van der Waals surface area contributed by atoms with E-state index in [4.69, 9.17) is 9.47 Å². The first-order valence-electron chi connectivity index (χ1n) is 7.15. The van der Waals surface area contributed by atoms with Gasteiger partial charge in [0.2, 0.25) is 5.88 Å². The molecule has 0 atom stereocenters. The van der Waals surface area contributed by atoms with E-state index in [-0.39, 0.29) is 5.91 Å². The van der Waals surface area contributed by atoms with Gasteiger partial charge in [-0.25, -0.2) is 9.97 Å². The molecule has 2 aromatic rings. The number of nitrogens with zero attached hydrogens (tertiary/aromatic N) is 2. The van der Waals surface area contributed by atoms with Gasteiger partial charge < -0.3 is 9.47 Å². The normalized spacial score (nSPS) is 13.5. The van der Waals surface area contributed by atoms with Crippen molar-refractivity contribution in [3.8, 4) is 5.88 Å². The number of thiazole rings is 1. The molecule has 0 radical (unpaired) electrons. The third-order valence-electron chi connectivity index (χ3n) is 3.24. The lowest BCUT2D eigenvalue weighted by Gasteiger charge is -2.09. The number of anilines is 1. The summed E-state index contributed by atoms with van der Waals surface area (Å²) in [5.41, 5.74) is 2.23. The number of hydrogen-bond donors (Lipinski definition) is 1. The molecule has 6 nitrogen and oxygen atoms in total. The summed E-state index contributed by atoms with van der Waals surface area (Å²) in [5, 5.41) is 3.41. The standard InChI is InChI=1S/C15H17N3O3S/c1-3-21-14-10(5-4-9(2)16-14)13(19)18-15-17-11-6-7-20-8-12(11)22-15/h4-5H,3,6-8H2,1-2H3,(H,17,18,19).